The molecule has 1 saturated heterocycles. The number of primary amides is 1. The quantitative estimate of drug-likeness (QED) is 0.747. The van der Waals surface area contributed by atoms with E-state index >= 15 is 0 Å². The Morgan fingerprint density at radius 3 is 3.00 bits per heavy atom. The number of benzene rings is 1. The molecule has 2 fully saturated rings. The summed E-state index contributed by atoms with van der Waals surface area (Å²) in [7, 11) is 3.86. The minimum atomic E-state index is -0.671. The number of rotatable bonds is 4. The smallest absolute Gasteiger partial charge is 0.332 e. The fraction of sp³-hybridized carbons (Fsp3) is 0.619. The van der Waals surface area contributed by atoms with Crippen LogP contribution in [0.15, 0.2) is 17.2 Å². The van der Waals surface area contributed by atoms with Gasteiger partial charge in [-0.05, 0) is 57.8 Å². The van der Waals surface area contributed by atoms with Gasteiger partial charge in [-0.2, -0.15) is 5.10 Å². The highest BCUT2D eigenvalue weighted by molar-refractivity contribution is 5.95. The first-order valence-corrected chi connectivity index (χ1v) is 10.3. The highest BCUT2D eigenvalue weighted by Crippen LogP contribution is 2.66. The number of hydrogen-bond donors (Lipinski definition) is 2. The van der Waals surface area contributed by atoms with E-state index in [2.05, 4.69) is 35.5 Å². The number of methoxy groups -OCH3 is 1. The van der Waals surface area contributed by atoms with Crippen LogP contribution in [-0.2, 0) is 16.6 Å². The molecule has 1 spiro atoms. The zero-order valence-electron chi connectivity index (χ0n) is 17.2. The van der Waals surface area contributed by atoms with E-state index in [0.29, 0.717) is 13.0 Å². The number of likely N-dealkylation sites (tertiary alicyclic amines) is 1. The predicted octanol–water partition coefficient (Wildman–Crippen LogP) is 1.55. The lowest BCUT2D eigenvalue weighted by Crippen LogP contribution is -2.77. The van der Waals surface area contributed by atoms with Crippen LogP contribution in [0.5, 0.6) is 11.5 Å². The van der Waals surface area contributed by atoms with Gasteiger partial charge in [-0.25, -0.2) is 10.2 Å². The van der Waals surface area contributed by atoms with Crippen LogP contribution in [0.25, 0.3) is 0 Å². The summed E-state index contributed by atoms with van der Waals surface area (Å²) >= 11 is 0. The van der Waals surface area contributed by atoms with Crippen molar-refractivity contribution in [3.05, 3.63) is 23.3 Å². The van der Waals surface area contributed by atoms with Gasteiger partial charge < -0.3 is 24.8 Å². The monoisotopic (exact) mass is 400 g/mol. The Labute approximate surface area is 170 Å². The van der Waals surface area contributed by atoms with E-state index in [1.165, 1.54) is 11.1 Å². The zero-order valence-corrected chi connectivity index (χ0v) is 17.2. The molecular formula is C21H28N4O4. The molecule has 2 heterocycles. The van der Waals surface area contributed by atoms with Crippen LogP contribution in [0.1, 0.15) is 37.3 Å². The van der Waals surface area contributed by atoms with Crippen molar-refractivity contribution in [3.8, 4) is 11.5 Å². The van der Waals surface area contributed by atoms with Crippen LogP contribution < -0.4 is 20.6 Å². The van der Waals surface area contributed by atoms with E-state index in [4.69, 9.17) is 19.9 Å². The Hall–Kier alpha value is -2.32. The maximum atomic E-state index is 11.3. The molecule has 4 aliphatic rings. The van der Waals surface area contributed by atoms with Gasteiger partial charge >= 0.3 is 6.03 Å². The van der Waals surface area contributed by atoms with E-state index in [-0.39, 0.29) is 23.2 Å². The zero-order chi connectivity index (χ0) is 20.4. The maximum Gasteiger partial charge on any atom is 0.332 e. The number of urea groups is 1. The van der Waals surface area contributed by atoms with Crippen molar-refractivity contribution in [3.63, 3.8) is 0 Å². The van der Waals surface area contributed by atoms with E-state index in [1.807, 2.05) is 6.07 Å². The number of likely N-dealkylation sites (N-methyl/N-ethyl adjacent to an activating group) is 1. The number of nitrogens with one attached hydrogen (secondary N) is 1. The first kappa shape index (κ1) is 18.7. The molecule has 29 heavy (non-hydrogen) atoms. The highest BCUT2D eigenvalue weighted by atomic mass is 16.5. The van der Waals surface area contributed by atoms with Gasteiger partial charge in [-0.1, -0.05) is 6.07 Å². The maximum absolute atomic E-state index is 11.3. The summed E-state index contributed by atoms with van der Waals surface area (Å²) in [5.41, 5.74) is 10.3. The van der Waals surface area contributed by atoms with Crippen molar-refractivity contribution in [2.24, 2.45) is 10.8 Å². The Morgan fingerprint density at radius 2 is 2.28 bits per heavy atom. The molecule has 0 radical (unpaired) electrons. The third-order valence-electron chi connectivity index (χ3n) is 7.42. The summed E-state index contributed by atoms with van der Waals surface area (Å²) in [4.78, 5) is 13.8. The van der Waals surface area contributed by atoms with Gasteiger partial charge in [0, 0.05) is 18.2 Å². The lowest BCUT2D eigenvalue weighted by molar-refractivity contribution is -0.193. The molecule has 1 aromatic rings. The molecule has 1 saturated carbocycles. The molecule has 2 bridgehead atoms. The van der Waals surface area contributed by atoms with Crippen molar-refractivity contribution >= 4 is 11.7 Å². The van der Waals surface area contributed by atoms with Crippen LogP contribution in [0.4, 0.5) is 4.79 Å². The van der Waals surface area contributed by atoms with Crippen molar-refractivity contribution < 1.29 is 19.0 Å². The standard InChI is InChI=1S/C21H28N4O4/c1-4-28-21-8-7-13(23-24-19(22)26)18-20(21)9-10-25(2)15(21)11-12-5-6-14(27-3)17(29-18)16(12)20/h5-6,15,18H,4,7-11H2,1-3H3,(H3,22,24,26)/b23-13+/t15-,18+,20+,21-/m1/s1. The third-order valence-corrected chi connectivity index (χ3v) is 7.42. The molecule has 1 aromatic carbocycles. The topological polar surface area (TPSA) is 98.4 Å². The van der Waals surface area contributed by atoms with Crippen LogP contribution in [0.3, 0.4) is 0 Å². The van der Waals surface area contributed by atoms with Crippen LogP contribution in [0, 0.1) is 0 Å². The van der Waals surface area contributed by atoms with Crippen molar-refractivity contribution in [1.82, 2.24) is 10.3 Å². The summed E-state index contributed by atoms with van der Waals surface area (Å²) in [6.45, 7) is 3.65. The fourth-order valence-corrected chi connectivity index (χ4v) is 6.47. The average Bonchev–Trinajstić information content (AvgIpc) is 3.05. The molecule has 8 nitrogen and oxygen atoms in total. The summed E-state index contributed by atoms with van der Waals surface area (Å²) in [6, 6.07) is 3.75. The van der Waals surface area contributed by atoms with Crippen LogP contribution >= 0.6 is 0 Å². The van der Waals surface area contributed by atoms with Gasteiger partial charge in [-0.3, -0.25) is 0 Å². The molecule has 2 amide bonds. The average molecular weight is 400 g/mol. The summed E-state index contributed by atoms with van der Waals surface area (Å²) in [5, 5.41) is 4.36. The van der Waals surface area contributed by atoms with Gasteiger partial charge in [-0.15, -0.1) is 0 Å². The van der Waals surface area contributed by atoms with Crippen molar-refractivity contribution in [2.45, 2.75) is 55.8 Å². The van der Waals surface area contributed by atoms with Gasteiger partial charge in [0.1, 0.15) is 0 Å². The van der Waals surface area contributed by atoms with E-state index in [9.17, 15) is 4.79 Å². The number of hydrogen-bond acceptors (Lipinski definition) is 6. The second-order valence-corrected chi connectivity index (χ2v) is 8.45. The van der Waals surface area contributed by atoms with Crippen molar-refractivity contribution in [2.75, 3.05) is 27.3 Å². The second-order valence-electron chi connectivity index (χ2n) is 8.45. The summed E-state index contributed by atoms with van der Waals surface area (Å²) in [6.07, 6.45) is 3.02. The van der Waals surface area contributed by atoms with Gasteiger partial charge in [0.05, 0.1) is 23.8 Å². The predicted molar refractivity (Wildman–Crippen MR) is 108 cm³/mol. The van der Waals surface area contributed by atoms with Crippen LogP contribution in [-0.4, -0.2) is 61.7 Å². The first-order chi connectivity index (χ1) is 14.0. The molecule has 3 N–H and O–H groups in total. The highest BCUT2D eigenvalue weighted by Gasteiger charge is 2.73. The Kier molecular flexibility index (Phi) is 4.08. The lowest BCUT2D eigenvalue weighted by Gasteiger charge is -2.64. The Balaban J connectivity index is 1.77. The minimum absolute atomic E-state index is 0.264. The molecule has 2 aliphatic heterocycles. The van der Waals surface area contributed by atoms with Crippen LogP contribution in [0.2, 0.25) is 0 Å². The molecule has 0 aromatic heterocycles. The van der Waals surface area contributed by atoms with E-state index < -0.39 is 6.03 Å². The molecule has 8 heteroatoms. The molecule has 2 aliphatic carbocycles. The van der Waals surface area contributed by atoms with Gasteiger partial charge in [0.25, 0.3) is 0 Å². The number of amides is 2. The number of ether oxygens (including phenoxy) is 3. The molecular weight excluding hydrogens is 372 g/mol. The lowest BCUT2D eigenvalue weighted by atomic mass is 9.48. The first-order valence-electron chi connectivity index (χ1n) is 10.3. The summed E-state index contributed by atoms with van der Waals surface area (Å²) < 4.78 is 18.9. The molecule has 0 unspecified atom stereocenters. The summed E-state index contributed by atoms with van der Waals surface area (Å²) in [5.74, 6) is 1.54. The number of carbonyl (C=O) groups is 1. The minimum Gasteiger partial charge on any atom is -0.493 e. The number of nitrogens with zero attached hydrogens (tertiary/aromatic N) is 2. The number of carbonyl (C=O) groups excluding carboxylic acids is 1. The normalized spacial score (nSPS) is 35.8. The van der Waals surface area contributed by atoms with E-state index in [0.717, 1.165) is 43.0 Å². The van der Waals surface area contributed by atoms with Gasteiger partial charge in [0.15, 0.2) is 17.6 Å². The SMILES string of the molecule is CCO[C@@]12CC/C(=N\NC(N)=O)[C@@H]3Oc4c(OC)ccc5c4[C@@]31CCN(C)[C@@H]2C5. The third kappa shape index (κ3) is 2.21. The number of hydrazone groups is 1. The van der Waals surface area contributed by atoms with E-state index in [1.54, 1.807) is 7.11 Å². The fourth-order valence-electron chi connectivity index (χ4n) is 6.47. The largest absolute Gasteiger partial charge is 0.493 e. The van der Waals surface area contributed by atoms with Gasteiger partial charge in [0.2, 0.25) is 0 Å². The number of piperidine rings is 1. The number of nitrogens with two attached hydrogens (primary N) is 1. The Bertz CT molecular complexity index is 903. The van der Waals surface area contributed by atoms with Crippen molar-refractivity contribution in [1.29, 1.82) is 0 Å². The molecule has 4 atom stereocenters. The molecule has 156 valence electrons. The Morgan fingerprint density at radius 1 is 1.45 bits per heavy atom. The second kappa shape index (κ2) is 6.34. The molecule has 5 rings (SSSR count).